The topological polar surface area (TPSA) is 15.6 Å². The van der Waals surface area contributed by atoms with Crippen molar-refractivity contribution in [2.24, 2.45) is 4.99 Å². The van der Waals surface area contributed by atoms with Crippen LogP contribution in [-0.2, 0) is 0 Å². The molecule has 12 heavy (non-hydrogen) atoms. The van der Waals surface area contributed by atoms with E-state index >= 15 is 0 Å². The van der Waals surface area contributed by atoms with E-state index in [1.54, 1.807) is 11.8 Å². The fourth-order valence-electron chi connectivity index (χ4n) is 1.37. The predicted molar refractivity (Wildman–Crippen MR) is 56.8 cm³/mol. The SMILES string of the molecule is CC1=CSC2=NCCCCN12.Cl. The van der Waals surface area contributed by atoms with Gasteiger partial charge in [-0.25, -0.2) is 0 Å². The average Bonchev–Trinajstić information content (AvgIpc) is 2.25. The fourth-order valence-corrected chi connectivity index (χ4v) is 2.30. The van der Waals surface area contributed by atoms with Crippen LogP contribution in [0.25, 0.3) is 0 Å². The van der Waals surface area contributed by atoms with Crippen LogP contribution in [0.3, 0.4) is 0 Å². The fraction of sp³-hybridized carbons (Fsp3) is 0.625. The van der Waals surface area contributed by atoms with Crippen LogP contribution in [0.1, 0.15) is 19.8 Å². The van der Waals surface area contributed by atoms with Crippen LogP contribution >= 0.6 is 24.2 Å². The molecule has 0 unspecified atom stereocenters. The van der Waals surface area contributed by atoms with Crippen LogP contribution in [-0.4, -0.2) is 23.2 Å². The third kappa shape index (κ3) is 1.77. The molecule has 2 aliphatic heterocycles. The normalized spacial score (nSPS) is 21.9. The Hall–Kier alpha value is -0.150. The maximum absolute atomic E-state index is 4.49. The number of nitrogens with zero attached hydrogens (tertiary/aromatic N) is 2. The van der Waals surface area contributed by atoms with Crippen molar-refractivity contribution < 1.29 is 0 Å². The lowest BCUT2D eigenvalue weighted by Gasteiger charge is -2.17. The number of hydrogen-bond acceptors (Lipinski definition) is 3. The number of hydrogen-bond donors (Lipinski definition) is 0. The van der Waals surface area contributed by atoms with Crippen molar-refractivity contribution in [2.75, 3.05) is 13.1 Å². The monoisotopic (exact) mass is 204 g/mol. The maximum atomic E-state index is 4.49. The van der Waals surface area contributed by atoms with E-state index in [0.29, 0.717) is 0 Å². The third-order valence-corrected chi connectivity index (χ3v) is 3.05. The molecule has 0 fully saturated rings. The van der Waals surface area contributed by atoms with Gasteiger partial charge in [0.15, 0.2) is 5.17 Å². The Morgan fingerprint density at radius 3 is 3.17 bits per heavy atom. The number of thioether (sulfide) groups is 1. The summed E-state index contributed by atoms with van der Waals surface area (Å²) in [6.45, 7) is 4.33. The summed E-state index contributed by atoms with van der Waals surface area (Å²) in [5.74, 6) is 0. The second-order valence-electron chi connectivity index (χ2n) is 2.90. The van der Waals surface area contributed by atoms with Gasteiger partial charge in [0.25, 0.3) is 0 Å². The molecule has 0 aromatic heterocycles. The number of allylic oxidation sites excluding steroid dienone is 1. The first-order chi connectivity index (χ1) is 5.38. The van der Waals surface area contributed by atoms with Crippen LogP contribution in [0.2, 0.25) is 0 Å². The molecule has 2 nitrogen and oxygen atoms in total. The summed E-state index contributed by atoms with van der Waals surface area (Å²) in [6, 6.07) is 0. The van der Waals surface area contributed by atoms with Gasteiger partial charge in [0.05, 0.1) is 0 Å². The molecule has 4 heteroatoms. The van der Waals surface area contributed by atoms with E-state index in [1.165, 1.54) is 23.7 Å². The molecule has 0 saturated heterocycles. The highest BCUT2D eigenvalue weighted by Crippen LogP contribution is 2.27. The molecule has 0 spiro atoms. The van der Waals surface area contributed by atoms with Gasteiger partial charge < -0.3 is 4.90 Å². The molecule has 0 aromatic rings. The van der Waals surface area contributed by atoms with Crippen molar-refractivity contribution in [3.05, 3.63) is 11.1 Å². The summed E-state index contributed by atoms with van der Waals surface area (Å²) < 4.78 is 0. The van der Waals surface area contributed by atoms with E-state index in [2.05, 4.69) is 22.2 Å². The maximum Gasteiger partial charge on any atom is 0.167 e. The van der Waals surface area contributed by atoms with Crippen molar-refractivity contribution >= 4 is 29.3 Å². The zero-order valence-corrected chi connectivity index (χ0v) is 8.75. The summed E-state index contributed by atoms with van der Waals surface area (Å²) in [4.78, 5) is 6.81. The van der Waals surface area contributed by atoms with Crippen LogP contribution in [0.5, 0.6) is 0 Å². The zero-order valence-electron chi connectivity index (χ0n) is 7.12. The first-order valence-corrected chi connectivity index (χ1v) is 4.91. The molecule has 0 aromatic carbocycles. The highest BCUT2D eigenvalue weighted by atomic mass is 35.5. The van der Waals surface area contributed by atoms with Gasteiger partial charge in [-0.1, -0.05) is 11.8 Å². The molecule has 0 aliphatic carbocycles. The number of halogens is 1. The van der Waals surface area contributed by atoms with E-state index in [1.807, 2.05) is 0 Å². The van der Waals surface area contributed by atoms with Gasteiger partial charge >= 0.3 is 0 Å². The Bertz CT molecular complexity index is 225. The number of rotatable bonds is 0. The number of amidine groups is 1. The van der Waals surface area contributed by atoms with E-state index < -0.39 is 0 Å². The van der Waals surface area contributed by atoms with Crippen LogP contribution in [0, 0.1) is 0 Å². The minimum Gasteiger partial charge on any atom is -0.325 e. The Morgan fingerprint density at radius 2 is 2.33 bits per heavy atom. The van der Waals surface area contributed by atoms with E-state index in [9.17, 15) is 0 Å². The van der Waals surface area contributed by atoms with Gasteiger partial charge in [0.1, 0.15) is 0 Å². The highest BCUT2D eigenvalue weighted by molar-refractivity contribution is 8.16. The lowest BCUT2D eigenvalue weighted by molar-refractivity contribution is 0.515. The average molecular weight is 205 g/mol. The second kappa shape index (κ2) is 4.19. The summed E-state index contributed by atoms with van der Waals surface area (Å²) in [5, 5.41) is 3.39. The molecule has 2 aliphatic rings. The molecule has 0 atom stereocenters. The molecule has 2 rings (SSSR count). The van der Waals surface area contributed by atoms with Crippen LogP contribution in [0.15, 0.2) is 16.1 Å². The Kier molecular flexibility index (Phi) is 3.47. The molecular weight excluding hydrogens is 192 g/mol. The van der Waals surface area contributed by atoms with Gasteiger partial charge in [0, 0.05) is 18.8 Å². The van der Waals surface area contributed by atoms with Gasteiger partial charge in [0.2, 0.25) is 0 Å². The van der Waals surface area contributed by atoms with Crippen molar-refractivity contribution in [1.82, 2.24) is 4.90 Å². The van der Waals surface area contributed by atoms with Crippen molar-refractivity contribution in [1.29, 1.82) is 0 Å². The molecule has 0 amide bonds. The Labute approximate surface area is 83.5 Å². The molecule has 0 radical (unpaired) electrons. The summed E-state index contributed by atoms with van der Waals surface area (Å²) in [6.07, 6.45) is 2.52. The Balaban J connectivity index is 0.000000720. The lowest BCUT2D eigenvalue weighted by atomic mass is 10.3. The number of aliphatic imine (C=N–C) groups is 1. The molecular formula is C8H13ClN2S. The van der Waals surface area contributed by atoms with Crippen molar-refractivity contribution in [2.45, 2.75) is 19.8 Å². The van der Waals surface area contributed by atoms with E-state index in [0.717, 1.165) is 13.1 Å². The largest absolute Gasteiger partial charge is 0.325 e. The van der Waals surface area contributed by atoms with Gasteiger partial charge in [-0.2, -0.15) is 0 Å². The van der Waals surface area contributed by atoms with Crippen molar-refractivity contribution in [3.63, 3.8) is 0 Å². The van der Waals surface area contributed by atoms with Crippen LogP contribution in [0.4, 0.5) is 0 Å². The summed E-state index contributed by atoms with van der Waals surface area (Å²) in [5.41, 5.74) is 1.36. The highest BCUT2D eigenvalue weighted by Gasteiger charge is 2.20. The lowest BCUT2D eigenvalue weighted by Crippen LogP contribution is -2.22. The predicted octanol–water partition coefficient (Wildman–Crippen LogP) is 2.47. The summed E-state index contributed by atoms with van der Waals surface area (Å²) in [7, 11) is 0. The zero-order chi connectivity index (χ0) is 7.68. The number of fused-ring (bicyclic) bond motifs is 1. The summed E-state index contributed by atoms with van der Waals surface area (Å²) >= 11 is 1.76. The van der Waals surface area contributed by atoms with E-state index in [4.69, 9.17) is 0 Å². The minimum absolute atomic E-state index is 0. The van der Waals surface area contributed by atoms with Gasteiger partial charge in [-0.3, -0.25) is 4.99 Å². The third-order valence-electron chi connectivity index (χ3n) is 2.03. The second-order valence-corrected chi connectivity index (χ2v) is 3.74. The van der Waals surface area contributed by atoms with Crippen molar-refractivity contribution in [3.8, 4) is 0 Å². The van der Waals surface area contributed by atoms with Crippen LogP contribution < -0.4 is 0 Å². The molecule has 0 N–H and O–H groups in total. The quantitative estimate of drug-likeness (QED) is 0.603. The smallest absolute Gasteiger partial charge is 0.167 e. The van der Waals surface area contributed by atoms with E-state index in [-0.39, 0.29) is 12.4 Å². The van der Waals surface area contributed by atoms with Gasteiger partial charge in [-0.05, 0) is 25.2 Å². The molecule has 0 bridgehead atoms. The minimum atomic E-state index is 0. The molecule has 0 saturated carbocycles. The standard InChI is InChI=1S/C8H12N2S.ClH/c1-7-6-11-8-9-4-2-3-5-10(7)8;/h6H,2-5H2,1H3;1H. The first-order valence-electron chi connectivity index (χ1n) is 4.03. The van der Waals surface area contributed by atoms with Gasteiger partial charge in [-0.15, -0.1) is 12.4 Å². The molecule has 68 valence electrons. The Morgan fingerprint density at radius 1 is 1.50 bits per heavy atom. The molecule has 2 heterocycles. The first kappa shape index (κ1) is 9.93.